The number of imide groups is 1. The minimum Gasteiger partial charge on any atom is -0.495 e. The smallest absolute Gasteiger partial charge is 0.272 e. The van der Waals surface area contributed by atoms with Gasteiger partial charge in [0.15, 0.2) is 0 Å². The average Bonchev–Trinajstić information content (AvgIpc) is 3.60. The highest BCUT2D eigenvalue weighted by atomic mass is 35.5. The number of nitrogens with zero attached hydrogens (tertiary/aromatic N) is 4. The number of hydrogen-bond acceptors (Lipinski definition) is 6. The molecular formula is C29H21ClN4O4. The lowest BCUT2D eigenvalue weighted by molar-refractivity contribution is -0.141. The number of furan rings is 1. The van der Waals surface area contributed by atoms with Gasteiger partial charge in [0.25, 0.3) is 11.8 Å². The largest absolute Gasteiger partial charge is 0.495 e. The van der Waals surface area contributed by atoms with Crippen LogP contribution in [0.25, 0.3) is 23.0 Å². The highest BCUT2D eigenvalue weighted by Gasteiger charge is 2.36. The molecule has 1 aliphatic heterocycles. The maximum Gasteiger partial charge on any atom is 0.272 e. The van der Waals surface area contributed by atoms with Gasteiger partial charge in [0.1, 0.15) is 28.8 Å². The van der Waals surface area contributed by atoms with Gasteiger partial charge in [-0.25, -0.2) is 4.68 Å². The van der Waals surface area contributed by atoms with E-state index in [0.717, 1.165) is 10.6 Å². The molecule has 2 aromatic heterocycles. The monoisotopic (exact) mass is 524 g/mol. The van der Waals surface area contributed by atoms with Crippen molar-refractivity contribution in [3.05, 3.63) is 106 Å². The third-order valence-corrected chi connectivity index (χ3v) is 6.50. The van der Waals surface area contributed by atoms with Crippen molar-refractivity contribution in [1.29, 1.82) is 5.26 Å². The summed E-state index contributed by atoms with van der Waals surface area (Å²) in [6.07, 6.45) is 4.90. The Bertz CT molecular complexity index is 1640. The molecular weight excluding hydrogens is 504 g/mol. The topological polar surface area (TPSA) is 101 Å². The Kier molecular flexibility index (Phi) is 6.69. The van der Waals surface area contributed by atoms with Crippen LogP contribution in [0.2, 0.25) is 5.02 Å². The number of para-hydroxylation sites is 1. The number of hydrogen-bond donors (Lipinski definition) is 0. The van der Waals surface area contributed by atoms with E-state index in [1.807, 2.05) is 42.5 Å². The van der Waals surface area contributed by atoms with Crippen molar-refractivity contribution in [2.24, 2.45) is 0 Å². The lowest BCUT2D eigenvalue weighted by Crippen LogP contribution is -2.42. The molecule has 0 saturated heterocycles. The molecule has 0 bridgehead atoms. The van der Waals surface area contributed by atoms with Crippen LogP contribution in [0.1, 0.15) is 18.2 Å². The molecule has 5 rings (SSSR count). The number of carbonyl (C=O) groups is 2. The third kappa shape index (κ3) is 4.51. The van der Waals surface area contributed by atoms with Crippen LogP contribution >= 0.6 is 11.6 Å². The van der Waals surface area contributed by atoms with Gasteiger partial charge >= 0.3 is 0 Å². The van der Waals surface area contributed by atoms with E-state index in [2.05, 4.69) is 0 Å². The number of carbonyl (C=O) groups excluding carboxylic acids is 2. The molecule has 4 aromatic rings. The van der Waals surface area contributed by atoms with E-state index < -0.39 is 11.8 Å². The molecule has 0 aliphatic carbocycles. The summed E-state index contributed by atoms with van der Waals surface area (Å²) in [6, 6.07) is 20.1. The molecule has 0 radical (unpaired) electrons. The maximum absolute atomic E-state index is 13.6. The van der Waals surface area contributed by atoms with Gasteiger partial charge in [-0.2, -0.15) is 10.4 Å². The van der Waals surface area contributed by atoms with Gasteiger partial charge in [-0.05, 0) is 61.0 Å². The predicted molar refractivity (Wildman–Crippen MR) is 141 cm³/mol. The number of rotatable bonds is 6. The zero-order valence-electron chi connectivity index (χ0n) is 20.5. The normalized spacial score (nSPS) is 14.8. The van der Waals surface area contributed by atoms with Gasteiger partial charge in [-0.15, -0.1) is 0 Å². The SMILES string of the molecule is COc1ccc(-c2nn(-c3ccccc3)cc2/C=C2/C(=O)N(Cc3ccco3)C(=O)C(C#N)=C2C)cc1Cl. The molecule has 0 fully saturated rings. The Labute approximate surface area is 223 Å². The zero-order chi connectivity index (χ0) is 26.8. The van der Waals surface area contributed by atoms with Gasteiger partial charge in [0.05, 0.1) is 30.6 Å². The fraction of sp³-hybridized carbons (Fsp3) is 0.103. The minimum atomic E-state index is -0.661. The van der Waals surface area contributed by atoms with E-state index in [-0.39, 0.29) is 17.7 Å². The second kappa shape index (κ2) is 10.2. The third-order valence-electron chi connectivity index (χ3n) is 6.21. The summed E-state index contributed by atoms with van der Waals surface area (Å²) in [5.74, 6) is -0.252. The Morgan fingerprint density at radius 1 is 1.11 bits per heavy atom. The van der Waals surface area contributed by atoms with Gasteiger partial charge in [0, 0.05) is 22.9 Å². The highest BCUT2D eigenvalue weighted by Crippen LogP contribution is 2.34. The second-order valence-electron chi connectivity index (χ2n) is 8.51. The van der Waals surface area contributed by atoms with Gasteiger partial charge in [0.2, 0.25) is 0 Å². The fourth-order valence-electron chi connectivity index (χ4n) is 4.23. The van der Waals surface area contributed by atoms with E-state index in [1.54, 1.807) is 48.1 Å². The number of aromatic nitrogens is 2. The maximum atomic E-state index is 13.6. The van der Waals surface area contributed by atoms with E-state index in [1.165, 1.54) is 13.4 Å². The van der Waals surface area contributed by atoms with Crippen molar-refractivity contribution in [2.75, 3.05) is 7.11 Å². The summed E-state index contributed by atoms with van der Waals surface area (Å²) in [6.45, 7) is 1.50. The molecule has 3 heterocycles. The summed E-state index contributed by atoms with van der Waals surface area (Å²) >= 11 is 6.41. The van der Waals surface area contributed by atoms with Crippen molar-refractivity contribution < 1.29 is 18.7 Å². The summed E-state index contributed by atoms with van der Waals surface area (Å²) in [5, 5.41) is 14.9. The Balaban J connectivity index is 1.67. The van der Waals surface area contributed by atoms with Crippen LogP contribution in [0.3, 0.4) is 0 Å². The van der Waals surface area contributed by atoms with E-state index in [9.17, 15) is 14.9 Å². The molecule has 2 aromatic carbocycles. The van der Waals surface area contributed by atoms with Crippen molar-refractivity contribution in [3.8, 4) is 28.8 Å². The number of benzene rings is 2. The molecule has 0 saturated carbocycles. The van der Waals surface area contributed by atoms with Crippen molar-refractivity contribution in [2.45, 2.75) is 13.5 Å². The number of amides is 2. The molecule has 9 heteroatoms. The first-order valence-electron chi connectivity index (χ1n) is 11.6. The Morgan fingerprint density at radius 3 is 2.55 bits per heavy atom. The quantitative estimate of drug-likeness (QED) is 0.241. The molecule has 0 unspecified atom stereocenters. The van der Waals surface area contributed by atoms with Crippen LogP contribution in [-0.2, 0) is 16.1 Å². The first-order valence-corrected chi connectivity index (χ1v) is 12.0. The zero-order valence-corrected chi connectivity index (χ0v) is 21.3. The average molecular weight is 525 g/mol. The number of methoxy groups -OCH3 is 1. The molecule has 0 spiro atoms. The summed E-state index contributed by atoms with van der Waals surface area (Å²) in [5.41, 5.74) is 3.07. The number of ether oxygens (including phenoxy) is 1. The first kappa shape index (κ1) is 24.8. The van der Waals surface area contributed by atoms with Crippen molar-refractivity contribution in [1.82, 2.24) is 14.7 Å². The standard InChI is InChI=1S/C29H21ClN4O4/c1-18-23(28(35)33(29(36)24(18)15-31)17-22-9-6-12-38-22)13-20-16-34(21-7-4-3-5-8-21)32-27(20)19-10-11-26(37-2)25(30)14-19/h3-14,16H,17H2,1-2H3/b23-13+. The van der Waals surface area contributed by atoms with Crippen LogP contribution in [0, 0.1) is 11.3 Å². The Hall–Kier alpha value is -4.87. The van der Waals surface area contributed by atoms with Crippen LogP contribution in [-0.4, -0.2) is 33.6 Å². The molecule has 38 heavy (non-hydrogen) atoms. The van der Waals surface area contributed by atoms with Crippen LogP contribution < -0.4 is 4.74 Å². The van der Waals surface area contributed by atoms with Crippen molar-refractivity contribution >= 4 is 29.5 Å². The van der Waals surface area contributed by atoms with Gasteiger partial charge in [-0.1, -0.05) is 29.8 Å². The van der Waals surface area contributed by atoms with Gasteiger partial charge in [-0.3, -0.25) is 14.5 Å². The van der Waals surface area contributed by atoms with E-state index in [4.69, 9.17) is 25.9 Å². The highest BCUT2D eigenvalue weighted by molar-refractivity contribution is 6.32. The lowest BCUT2D eigenvalue weighted by atomic mass is 9.93. The van der Waals surface area contributed by atoms with Crippen molar-refractivity contribution in [3.63, 3.8) is 0 Å². The van der Waals surface area contributed by atoms with Gasteiger partial charge < -0.3 is 9.15 Å². The Morgan fingerprint density at radius 2 is 1.89 bits per heavy atom. The summed E-state index contributed by atoms with van der Waals surface area (Å²) in [7, 11) is 1.53. The number of halogens is 1. The fourth-order valence-corrected chi connectivity index (χ4v) is 4.49. The minimum absolute atomic E-state index is 0.0926. The lowest BCUT2D eigenvalue weighted by Gasteiger charge is -2.26. The van der Waals surface area contributed by atoms with Crippen LogP contribution in [0.4, 0.5) is 0 Å². The predicted octanol–water partition coefficient (Wildman–Crippen LogP) is 5.59. The second-order valence-corrected chi connectivity index (χ2v) is 8.92. The number of nitriles is 1. The molecule has 0 N–H and O–H groups in total. The summed E-state index contributed by atoms with van der Waals surface area (Å²) in [4.78, 5) is 27.6. The molecule has 188 valence electrons. The molecule has 2 amide bonds. The molecule has 0 atom stereocenters. The van der Waals surface area contributed by atoms with Crippen LogP contribution in [0.15, 0.2) is 94.3 Å². The molecule has 1 aliphatic rings. The molecule has 8 nitrogen and oxygen atoms in total. The van der Waals surface area contributed by atoms with E-state index >= 15 is 0 Å². The van der Waals surface area contributed by atoms with Crippen LogP contribution in [0.5, 0.6) is 5.75 Å². The van der Waals surface area contributed by atoms with E-state index in [0.29, 0.717) is 38.9 Å². The first-order chi connectivity index (χ1) is 18.4. The summed E-state index contributed by atoms with van der Waals surface area (Å²) < 4.78 is 12.3.